The molecule has 0 unspecified atom stereocenters. The number of ether oxygens (including phenoxy) is 1. The average Bonchev–Trinajstić information content (AvgIpc) is 2.83. The minimum absolute atomic E-state index is 0.106. The molecule has 0 fully saturated rings. The molecule has 106 valence electrons. The van der Waals surface area contributed by atoms with E-state index in [2.05, 4.69) is 4.98 Å². The number of benzene rings is 2. The molecule has 0 bridgehead atoms. The highest BCUT2D eigenvalue weighted by molar-refractivity contribution is 6.10. The summed E-state index contributed by atoms with van der Waals surface area (Å²) in [6, 6.07) is 15.5. The number of rotatable bonds is 4. The van der Waals surface area contributed by atoms with Gasteiger partial charge in [0.25, 0.3) is 0 Å². The van der Waals surface area contributed by atoms with Gasteiger partial charge in [-0.1, -0.05) is 36.4 Å². The van der Waals surface area contributed by atoms with Gasteiger partial charge in [-0.2, -0.15) is 0 Å². The van der Waals surface area contributed by atoms with E-state index in [0.29, 0.717) is 6.42 Å². The number of para-hydroxylation sites is 2. The predicted molar refractivity (Wildman–Crippen MR) is 84.1 cm³/mol. The monoisotopic (exact) mass is 279 g/mol. The van der Waals surface area contributed by atoms with Crippen molar-refractivity contribution in [1.82, 2.24) is 4.98 Å². The quantitative estimate of drug-likeness (QED) is 0.736. The van der Waals surface area contributed by atoms with Crippen molar-refractivity contribution in [2.75, 3.05) is 7.11 Å². The Morgan fingerprint density at radius 3 is 2.62 bits per heavy atom. The van der Waals surface area contributed by atoms with E-state index in [1.807, 2.05) is 55.5 Å². The normalized spacial score (nSPS) is 10.8. The lowest BCUT2D eigenvalue weighted by molar-refractivity contribution is 0.0993. The van der Waals surface area contributed by atoms with E-state index in [0.717, 1.165) is 33.5 Å². The number of methoxy groups -OCH3 is 1. The number of aromatic nitrogens is 1. The molecule has 1 aromatic heterocycles. The number of aromatic amines is 1. The largest absolute Gasteiger partial charge is 0.496 e. The van der Waals surface area contributed by atoms with Gasteiger partial charge >= 0.3 is 0 Å². The Morgan fingerprint density at radius 2 is 1.81 bits per heavy atom. The van der Waals surface area contributed by atoms with Gasteiger partial charge in [-0.05, 0) is 19.1 Å². The van der Waals surface area contributed by atoms with E-state index in [4.69, 9.17) is 4.74 Å². The van der Waals surface area contributed by atoms with Crippen LogP contribution in [0.25, 0.3) is 10.9 Å². The topological polar surface area (TPSA) is 42.1 Å². The SMILES string of the molecule is COc1ccccc1CC(=O)c1c(C)[nH]c2ccccc12. The molecular weight excluding hydrogens is 262 g/mol. The van der Waals surface area contributed by atoms with Crippen LogP contribution in [-0.2, 0) is 6.42 Å². The smallest absolute Gasteiger partial charge is 0.169 e. The molecule has 3 rings (SSSR count). The zero-order valence-electron chi connectivity index (χ0n) is 12.1. The highest BCUT2D eigenvalue weighted by atomic mass is 16.5. The highest BCUT2D eigenvalue weighted by Gasteiger charge is 2.17. The van der Waals surface area contributed by atoms with Crippen LogP contribution in [-0.4, -0.2) is 17.9 Å². The van der Waals surface area contributed by atoms with Gasteiger partial charge in [-0.25, -0.2) is 0 Å². The average molecular weight is 279 g/mol. The first-order valence-electron chi connectivity index (χ1n) is 6.93. The molecule has 0 amide bonds. The molecule has 1 N–H and O–H groups in total. The van der Waals surface area contributed by atoms with Gasteiger partial charge in [0.05, 0.1) is 7.11 Å². The van der Waals surface area contributed by atoms with Crippen molar-refractivity contribution in [3.63, 3.8) is 0 Å². The zero-order valence-corrected chi connectivity index (χ0v) is 12.1. The third kappa shape index (κ3) is 2.42. The number of hydrogen-bond donors (Lipinski definition) is 1. The summed E-state index contributed by atoms with van der Waals surface area (Å²) < 4.78 is 5.32. The van der Waals surface area contributed by atoms with Crippen LogP contribution < -0.4 is 4.74 Å². The molecule has 0 saturated carbocycles. The Hall–Kier alpha value is -2.55. The summed E-state index contributed by atoms with van der Waals surface area (Å²) in [5.74, 6) is 0.859. The number of carbonyl (C=O) groups is 1. The molecule has 0 atom stereocenters. The number of nitrogens with one attached hydrogen (secondary N) is 1. The third-order valence-electron chi connectivity index (χ3n) is 3.72. The van der Waals surface area contributed by atoms with Gasteiger partial charge in [0, 0.05) is 34.1 Å². The Kier molecular flexibility index (Phi) is 3.48. The van der Waals surface area contributed by atoms with Gasteiger partial charge in [0.15, 0.2) is 5.78 Å². The second-order valence-corrected chi connectivity index (χ2v) is 5.08. The minimum Gasteiger partial charge on any atom is -0.496 e. The minimum atomic E-state index is 0.106. The van der Waals surface area contributed by atoms with Crippen LogP contribution >= 0.6 is 0 Å². The number of fused-ring (bicyclic) bond motifs is 1. The molecule has 0 spiro atoms. The van der Waals surface area contributed by atoms with Crippen LogP contribution in [0.15, 0.2) is 48.5 Å². The number of aryl methyl sites for hydroxylation is 1. The Bertz CT molecular complexity index is 802. The summed E-state index contributed by atoms with van der Waals surface area (Å²) >= 11 is 0. The molecule has 0 aliphatic heterocycles. The summed E-state index contributed by atoms with van der Waals surface area (Å²) in [6.45, 7) is 1.94. The Morgan fingerprint density at radius 1 is 1.10 bits per heavy atom. The maximum atomic E-state index is 12.7. The standard InChI is InChI=1S/C18H17NO2/c1-12-18(14-8-4-5-9-15(14)19-12)16(20)11-13-7-3-6-10-17(13)21-2/h3-10,19H,11H2,1-2H3. The molecule has 3 heteroatoms. The first-order valence-corrected chi connectivity index (χ1v) is 6.93. The molecule has 3 nitrogen and oxygen atoms in total. The van der Waals surface area contributed by atoms with E-state index in [9.17, 15) is 4.79 Å². The van der Waals surface area contributed by atoms with Crippen LogP contribution in [0, 0.1) is 6.92 Å². The highest BCUT2D eigenvalue weighted by Crippen LogP contribution is 2.25. The van der Waals surface area contributed by atoms with Crippen LogP contribution in [0.5, 0.6) is 5.75 Å². The summed E-state index contributed by atoms with van der Waals surface area (Å²) in [5.41, 5.74) is 3.60. The summed E-state index contributed by atoms with van der Waals surface area (Å²) in [7, 11) is 1.63. The molecule has 3 aromatic rings. The van der Waals surface area contributed by atoms with Gasteiger partial charge in [-0.3, -0.25) is 4.79 Å². The van der Waals surface area contributed by atoms with Crippen LogP contribution in [0.2, 0.25) is 0 Å². The third-order valence-corrected chi connectivity index (χ3v) is 3.72. The maximum Gasteiger partial charge on any atom is 0.169 e. The lowest BCUT2D eigenvalue weighted by Gasteiger charge is -2.07. The Labute approximate surface area is 123 Å². The van der Waals surface area contributed by atoms with Crippen LogP contribution in [0.4, 0.5) is 0 Å². The van der Waals surface area contributed by atoms with Crippen molar-refractivity contribution < 1.29 is 9.53 Å². The summed E-state index contributed by atoms with van der Waals surface area (Å²) in [6.07, 6.45) is 0.340. The molecule has 0 saturated heterocycles. The van der Waals surface area contributed by atoms with E-state index < -0.39 is 0 Å². The molecule has 0 aliphatic rings. The lowest BCUT2D eigenvalue weighted by Crippen LogP contribution is -2.06. The molecule has 0 aliphatic carbocycles. The number of Topliss-reactive ketones (excluding diaryl/α,β-unsaturated/α-hetero) is 1. The number of carbonyl (C=O) groups excluding carboxylic acids is 1. The van der Waals surface area contributed by atoms with Crippen molar-refractivity contribution in [2.45, 2.75) is 13.3 Å². The molecule has 0 radical (unpaired) electrons. The van der Waals surface area contributed by atoms with Crippen LogP contribution in [0.1, 0.15) is 21.6 Å². The number of hydrogen-bond acceptors (Lipinski definition) is 2. The van der Waals surface area contributed by atoms with Crippen molar-refractivity contribution in [3.8, 4) is 5.75 Å². The summed E-state index contributed by atoms with van der Waals surface area (Å²) in [4.78, 5) is 16.0. The lowest BCUT2D eigenvalue weighted by atomic mass is 10.00. The van der Waals surface area contributed by atoms with E-state index in [1.54, 1.807) is 7.11 Å². The molecular formula is C18H17NO2. The molecule has 1 heterocycles. The number of ketones is 1. The zero-order chi connectivity index (χ0) is 14.8. The maximum absolute atomic E-state index is 12.7. The predicted octanol–water partition coefficient (Wildman–Crippen LogP) is 3.91. The fourth-order valence-corrected chi connectivity index (χ4v) is 2.75. The van der Waals surface area contributed by atoms with E-state index in [1.165, 1.54) is 0 Å². The molecule has 2 aromatic carbocycles. The van der Waals surface area contributed by atoms with Crippen LogP contribution in [0.3, 0.4) is 0 Å². The van der Waals surface area contributed by atoms with E-state index in [-0.39, 0.29) is 5.78 Å². The van der Waals surface area contributed by atoms with Gasteiger partial charge in [-0.15, -0.1) is 0 Å². The van der Waals surface area contributed by atoms with E-state index >= 15 is 0 Å². The number of H-pyrrole nitrogens is 1. The Balaban J connectivity index is 1.99. The first kappa shape index (κ1) is 13.4. The van der Waals surface area contributed by atoms with Gasteiger partial charge in [0.1, 0.15) is 5.75 Å². The fourth-order valence-electron chi connectivity index (χ4n) is 2.75. The summed E-state index contributed by atoms with van der Waals surface area (Å²) in [5, 5.41) is 0.981. The van der Waals surface area contributed by atoms with Crippen molar-refractivity contribution in [3.05, 3.63) is 65.4 Å². The fraction of sp³-hybridized carbons (Fsp3) is 0.167. The van der Waals surface area contributed by atoms with Gasteiger partial charge in [0.2, 0.25) is 0 Å². The van der Waals surface area contributed by atoms with Gasteiger partial charge < -0.3 is 9.72 Å². The first-order chi connectivity index (χ1) is 10.2. The second-order valence-electron chi connectivity index (χ2n) is 5.08. The second kappa shape index (κ2) is 5.44. The molecule has 21 heavy (non-hydrogen) atoms. The van der Waals surface area contributed by atoms with Crippen molar-refractivity contribution >= 4 is 16.7 Å². The van der Waals surface area contributed by atoms with Crippen molar-refractivity contribution in [1.29, 1.82) is 0 Å². The van der Waals surface area contributed by atoms with Crippen molar-refractivity contribution in [2.24, 2.45) is 0 Å².